The maximum atomic E-state index is 11.9. The predicted molar refractivity (Wildman–Crippen MR) is 33.2 cm³/mol. The van der Waals surface area contributed by atoms with Gasteiger partial charge in [0.15, 0.2) is 0 Å². The molecule has 0 unspecified atom stereocenters. The van der Waals surface area contributed by atoms with Crippen LogP contribution in [0, 0.1) is 0 Å². The van der Waals surface area contributed by atoms with Crippen LogP contribution in [0.3, 0.4) is 0 Å². The van der Waals surface area contributed by atoms with Crippen LogP contribution in [-0.4, -0.2) is 44.4 Å². The number of rotatable bonds is 1. The first-order valence-electron chi connectivity index (χ1n) is 3.19. The number of nitrogens with zero attached hydrogens (tertiary/aromatic N) is 1. The molecule has 1 atom stereocenters. The molecule has 0 radical (unpaired) electrons. The standard InChI is InChI=1S/C6H12FNO/c1-8-2-3-9-6(4-7)5-8/h6H,2-5H2,1H3/t6-/m0/s1. The van der Waals surface area contributed by atoms with Crippen molar-refractivity contribution in [1.82, 2.24) is 4.90 Å². The summed E-state index contributed by atoms with van der Waals surface area (Å²) in [5, 5.41) is 0. The zero-order valence-corrected chi connectivity index (χ0v) is 5.64. The first-order chi connectivity index (χ1) is 4.33. The maximum absolute atomic E-state index is 11.9. The Kier molecular flexibility index (Phi) is 2.42. The number of hydrogen-bond acceptors (Lipinski definition) is 2. The van der Waals surface area contributed by atoms with Gasteiger partial charge in [0.05, 0.1) is 12.7 Å². The molecule has 1 saturated heterocycles. The summed E-state index contributed by atoms with van der Waals surface area (Å²) in [5.41, 5.74) is 0. The summed E-state index contributed by atoms with van der Waals surface area (Å²) >= 11 is 0. The second kappa shape index (κ2) is 3.13. The van der Waals surface area contributed by atoms with Gasteiger partial charge in [0.2, 0.25) is 0 Å². The van der Waals surface area contributed by atoms with Crippen LogP contribution < -0.4 is 0 Å². The van der Waals surface area contributed by atoms with Gasteiger partial charge in [-0.3, -0.25) is 0 Å². The molecule has 1 rings (SSSR count). The average molecular weight is 133 g/mol. The Hall–Kier alpha value is -0.150. The summed E-state index contributed by atoms with van der Waals surface area (Å²) in [7, 11) is 1.98. The van der Waals surface area contributed by atoms with E-state index in [-0.39, 0.29) is 12.8 Å². The summed E-state index contributed by atoms with van der Waals surface area (Å²) in [6, 6.07) is 0. The Bertz CT molecular complexity index is 89.1. The highest BCUT2D eigenvalue weighted by Gasteiger charge is 2.16. The van der Waals surface area contributed by atoms with Gasteiger partial charge in [-0.05, 0) is 7.05 Å². The second-order valence-corrected chi connectivity index (χ2v) is 2.41. The number of ether oxygens (including phenoxy) is 1. The van der Waals surface area contributed by atoms with Crippen molar-refractivity contribution in [3.8, 4) is 0 Å². The molecular formula is C6H12FNO. The fraction of sp³-hybridized carbons (Fsp3) is 1.00. The lowest BCUT2D eigenvalue weighted by molar-refractivity contribution is -0.0303. The zero-order chi connectivity index (χ0) is 6.69. The van der Waals surface area contributed by atoms with Gasteiger partial charge in [-0.1, -0.05) is 0 Å². The van der Waals surface area contributed by atoms with Crippen LogP contribution in [0.15, 0.2) is 0 Å². The molecule has 54 valence electrons. The highest BCUT2D eigenvalue weighted by Crippen LogP contribution is 2.02. The third kappa shape index (κ3) is 1.91. The van der Waals surface area contributed by atoms with Crippen LogP contribution in [0.4, 0.5) is 4.39 Å². The SMILES string of the molecule is CN1CCO[C@@H](CF)C1. The summed E-state index contributed by atoms with van der Waals surface area (Å²) < 4.78 is 17.0. The van der Waals surface area contributed by atoms with Crippen molar-refractivity contribution in [3.05, 3.63) is 0 Å². The molecule has 1 heterocycles. The van der Waals surface area contributed by atoms with Gasteiger partial charge in [-0.25, -0.2) is 4.39 Å². The van der Waals surface area contributed by atoms with Gasteiger partial charge >= 0.3 is 0 Å². The molecule has 0 aliphatic carbocycles. The van der Waals surface area contributed by atoms with Gasteiger partial charge < -0.3 is 9.64 Å². The van der Waals surface area contributed by atoms with Crippen LogP contribution in [0.5, 0.6) is 0 Å². The third-order valence-corrected chi connectivity index (χ3v) is 1.51. The lowest BCUT2D eigenvalue weighted by Gasteiger charge is -2.27. The van der Waals surface area contributed by atoms with Gasteiger partial charge in [-0.2, -0.15) is 0 Å². The number of halogens is 1. The van der Waals surface area contributed by atoms with Gasteiger partial charge in [0.1, 0.15) is 6.67 Å². The van der Waals surface area contributed by atoms with E-state index in [1.54, 1.807) is 0 Å². The maximum Gasteiger partial charge on any atom is 0.117 e. The molecule has 1 aliphatic rings. The number of alkyl halides is 1. The topological polar surface area (TPSA) is 12.5 Å². The molecule has 0 spiro atoms. The molecule has 0 N–H and O–H groups in total. The van der Waals surface area contributed by atoms with Crippen LogP contribution in [0.25, 0.3) is 0 Å². The number of hydrogen-bond donors (Lipinski definition) is 0. The first kappa shape index (κ1) is 6.96. The van der Waals surface area contributed by atoms with E-state index in [2.05, 4.69) is 4.90 Å². The summed E-state index contributed by atoms with van der Waals surface area (Å²) in [6.07, 6.45) is -0.177. The Morgan fingerprint density at radius 2 is 2.56 bits per heavy atom. The van der Waals surface area contributed by atoms with Crippen molar-refractivity contribution in [2.75, 3.05) is 33.4 Å². The Balaban J connectivity index is 2.23. The van der Waals surface area contributed by atoms with Gasteiger partial charge in [0.25, 0.3) is 0 Å². The third-order valence-electron chi connectivity index (χ3n) is 1.51. The minimum atomic E-state index is -0.357. The molecule has 9 heavy (non-hydrogen) atoms. The van der Waals surface area contributed by atoms with Crippen LogP contribution >= 0.6 is 0 Å². The highest BCUT2D eigenvalue weighted by molar-refractivity contribution is 4.66. The lowest BCUT2D eigenvalue weighted by Crippen LogP contribution is -2.40. The van der Waals surface area contributed by atoms with Crippen molar-refractivity contribution >= 4 is 0 Å². The second-order valence-electron chi connectivity index (χ2n) is 2.41. The lowest BCUT2D eigenvalue weighted by atomic mass is 10.3. The van der Waals surface area contributed by atoms with Crippen molar-refractivity contribution in [1.29, 1.82) is 0 Å². The van der Waals surface area contributed by atoms with E-state index < -0.39 is 0 Å². The van der Waals surface area contributed by atoms with E-state index in [0.717, 1.165) is 13.1 Å². The summed E-state index contributed by atoms with van der Waals surface area (Å²) in [6.45, 7) is 1.97. The molecule has 0 aromatic carbocycles. The van der Waals surface area contributed by atoms with E-state index in [1.807, 2.05) is 7.05 Å². The summed E-state index contributed by atoms with van der Waals surface area (Å²) in [4.78, 5) is 2.08. The number of morpholine rings is 1. The molecule has 0 bridgehead atoms. The quantitative estimate of drug-likeness (QED) is 0.509. The fourth-order valence-corrected chi connectivity index (χ4v) is 0.960. The van der Waals surface area contributed by atoms with Gasteiger partial charge in [0, 0.05) is 13.1 Å². The molecule has 0 saturated carbocycles. The van der Waals surface area contributed by atoms with E-state index in [0.29, 0.717) is 6.61 Å². The fourth-order valence-electron chi connectivity index (χ4n) is 0.960. The largest absolute Gasteiger partial charge is 0.373 e. The first-order valence-corrected chi connectivity index (χ1v) is 3.19. The molecule has 2 nitrogen and oxygen atoms in total. The molecule has 0 aromatic heterocycles. The molecule has 0 amide bonds. The monoisotopic (exact) mass is 133 g/mol. The van der Waals surface area contributed by atoms with Crippen LogP contribution in [-0.2, 0) is 4.74 Å². The normalized spacial score (nSPS) is 30.7. The minimum Gasteiger partial charge on any atom is -0.373 e. The molecule has 3 heteroatoms. The molecular weight excluding hydrogens is 121 g/mol. The molecule has 1 aliphatic heterocycles. The van der Waals surface area contributed by atoms with Crippen molar-refractivity contribution in [3.63, 3.8) is 0 Å². The Morgan fingerprint density at radius 1 is 1.78 bits per heavy atom. The zero-order valence-electron chi connectivity index (χ0n) is 5.64. The van der Waals surface area contributed by atoms with Crippen LogP contribution in [0.2, 0.25) is 0 Å². The summed E-state index contributed by atoms with van der Waals surface area (Å²) in [5.74, 6) is 0. The smallest absolute Gasteiger partial charge is 0.117 e. The van der Waals surface area contributed by atoms with Crippen LogP contribution in [0.1, 0.15) is 0 Å². The highest BCUT2D eigenvalue weighted by atomic mass is 19.1. The number of likely N-dealkylation sites (N-methyl/N-ethyl adjacent to an activating group) is 1. The average Bonchev–Trinajstić information content (AvgIpc) is 1.88. The van der Waals surface area contributed by atoms with E-state index >= 15 is 0 Å². The minimum absolute atomic E-state index is 0.177. The van der Waals surface area contributed by atoms with E-state index in [1.165, 1.54) is 0 Å². The molecule has 0 aromatic rings. The Labute approximate surface area is 54.6 Å². The van der Waals surface area contributed by atoms with E-state index in [4.69, 9.17) is 4.74 Å². The van der Waals surface area contributed by atoms with Gasteiger partial charge in [-0.15, -0.1) is 0 Å². The van der Waals surface area contributed by atoms with Crippen molar-refractivity contribution in [2.24, 2.45) is 0 Å². The van der Waals surface area contributed by atoms with E-state index in [9.17, 15) is 4.39 Å². The van der Waals surface area contributed by atoms with Crippen molar-refractivity contribution in [2.45, 2.75) is 6.10 Å². The van der Waals surface area contributed by atoms with Crippen molar-refractivity contribution < 1.29 is 9.13 Å². The molecule has 1 fully saturated rings. The predicted octanol–water partition coefficient (Wildman–Crippen LogP) is 0.286. The Morgan fingerprint density at radius 3 is 3.00 bits per heavy atom.